The lowest BCUT2D eigenvalue weighted by atomic mass is 10.00. The van der Waals surface area contributed by atoms with Crippen LogP contribution in [0.15, 0.2) is 78.9 Å². The number of nitro benzene ring substituents is 1. The molecule has 32 heavy (non-hydrogen) atoms. The number of nitro groups is 1. The Labute approximate surface area is 185 Å². The molecule has 2 N–H and O–H groups in total. The fourth-order valence-electron chi connectivity index (χ4n) is 4.46. The van der Waals surface area contributed by atoms with Crippen molar-refractivity contribution in [2.75, 3.05) is 5.32 Å². The van der Waals surface area contributed by atoms with Gasteiger partial charge in [-0.2, -0.15) is 0 Å². The Morgan fingerprint density at radius 2 is 1.66 bits per heavy atom. The summed E-state index contributed by atoms with van der Waals surface area (Å²) in [5.74, 6) is 0. The Hall–Kier alpha value is -4.19. The van der Waals surface area contributed by atoms with E-state index in [9.17, 15) is 14.9 Å². The maximum Gasteiger partial charge on any atom is 0.319 e. The monoisotopic (exact) mass is 423 g/mol. The fourth-order valence-corrected chi connectivity index (χ4v) is 4.46. The van der Waals surface area contributed by atoms with E-state index >= 15 is 0 Å². The number of fused-ring (bicyclic) bond motifs is 4. The van der Waals surface area contributed by atoms with Gasteiger partial charge in [0.25, 0.3) is 5.69 Å². The topological polar surface area (TPSA) is 84.3 Å². The summed E-state index contributed by atoms with van der Waals surface area (Å²) in [5.41, 5.74) is 5.87. The van der Waals surface area contributed by atoms with Gasteiger partial charge in [-0.1, -0.05) is 48.5 Å². The van der Waals surface area contributed by atoms with Crippen LogP contribution in [0.4, 0.5) is 16.2 Å². The van der Waals surface area contributed by atoms with Crippen molar-refractivity contribution >= 4 is 28.2 Å². The van der Waals surface area contributed by atoms with Gasteiger partial charge < -0.3 is 10.6 Å². The standard InChI is InChI=1S/C26H21N3O3/c1-16(22-8-4-6-17-5-2-3-7-23(17)22)27-26(30)28-20-9-11-24-18(14-20)13-19-15-21(29(31)32)10-12-25(19)24/h2-12,14-16H,13H2,1H3,(H2,27,28,30)/t16-/m1/s1. The molecule has 6 heteroatoms. The van der Waals surface area contributed by atoms with E-state index in [0.29, 0.717) is 12.1 Å². The summed E-state index contributed by atoms with van der Waals surface area (Å²) in [6.07, 6.45) is 0.607. The van der Waals surface area contributed by atoms with Gasteiger partial charge >= 0.3 is 6.03 Å². The zero-order valence-corrected chi connectivity index (χ0v) is 17.5. The molecular formula is C26H21N3O3. The molecule has 0 fully saturated rings. The smallest absolute Gasteiger partial charge is 0.319 e. The second-order valence-electron chi connectivity index (χ2n) is 8.04. The number of hydrogen-bond acceptors (Lipinski definition) is 3. The molecule has 5 rings (SSSR count). The molecule has 6 nitrogen and oxygen atoms in total. The average Bonchev–Trinajstić information content (AvgIpc) is 3.15. The summed E-state index contributed by atoms with van der Waals surface area (Å²) in [5, 5.41) is 19.3. The second-order valence-corrected chi connectivity index (χ2v) is 8.04. The number of anilines is 1. The molecule has 0 aliphatic heterocycles. The molecule has 0 saturated heterocycles. The zero-order chi connectivity index (χ0) is 22.2. The van der Waals surface area contributed by atoms with Crippen molar-refractivity contribution in [1.29, 1.82) is 0 Å². The van der Waals surface area contributed by atoms with Crippen molar-refractivity contribution in [2.45, 2.75) is 19.4 Å². The third-order valence-corrected chi connectivity index (χ3v) is 5.97. The first kappa shape index (κ1) is 19.8. The van der Waals surface area contributed by atoms with Gasteiger partial charge in [0.05, 0.1) is 11.0 Å². The van der Waals surface area contributed by atoms with E-state index in [4.69, 9.17) is 0 Å². The van der Waals surface area contributed by atoms with Crippen LogP contribution in [0.1, 0.15) is 29.7 Å². The van der Waals surface area contributed by atoms with Crippen LogP contribution in [0.3, 0.4) is 0 Å². The van der Waals surface area contributed by atoms with Crippen molar-refractivity contribution in [3.63, 3.8) is 0 Å². The highest BCUT2D eigenvalue weighted by atomic mass is 16.6. The van der Waals surface area contributed by atoms with Crippen molar-refractivity contribution in [3.8, 4) is 11.1 Å². The van der Waals surface area contributed by atoms with E-state index in [2.05, 4.69) is 28.8 Å². The van der Waals surface area contributed by atoms with E-state index in [0.717, 1.165) is 38.6 Å². The SMILES string of the molecule is C[C@@H](NC(=O)Nc1ccc2c(c1)Cc1cc([N+](=O)[O-])ccc1-2)c1cccc2ccccc12. The lowest BCUT2D eigenvalue weighted by molar-refractivity contribution is -0.384. The summed E-state index contributed by atoms with van der Waals surface area (Å²) in [4.78, 5) is 23.4. The van der Waals surface area contributed by atoms with Gasteiger partial charge in [-0.3, -0.25) is 10.1 Å². The number of urea groups is 1. The van der Waals surface area contributed by atoms with E-state index < -0.39 is 0 Å². The van der Waals surface area contributed by atoms with Gasteiger partial charge in [0.2, 0.25) is 0 Å². The average molecular weight is 423 g/mol. The molecule has 1 atom stereocenters. The number of nitrogens with zero attached hydrogens (tertiary/aromatic N) is 1. The number of benzene rings is 4. The number of carbonyl (C=O) groups excluding carboxylic acids is 1. The first-order chi connectivity index (χ1) is 15.5. The highest BCUT2D eigenvalue weighted by Gasteiger charge is 2.22. The van der Waals surface area contributed by atoms with Crippen LogP contribution in [0.2, 0.25) is 0 Å². The van der Waals surface area contributed by atoms with Crippen molar-refractivity contribution < 1.29 is 9.72 Å². The van der Waals surface area contributed by atoms with Gasteiger partial charge in [-0.05, 0) is 70.1 Å². The normalized spacial score (nSPS) is 12.7. The van der Waals surface area contributed by atoms with Crippen molar-refractivity contribution in [1.82, 2.24) is 5.32 Å². The summed E-state index contributed by atoms with van der Waals surface area (Å²) in [6, 6.07) is 24.4. The zero-order valence-electron chi connectivity index (χ0n) is 17.5. The number of carbonyl (C=O) groups is 1. The quantitative estimate of drug-likeness (QED) is 0.266. The first-order valence-electron chi connectivity index (χ1n) is 10.5. The van der Waals surface area contributed by atoms with Gasteiger partial charge in [-0.15, -0.1) is 0 Å². The number of nitrogens with one attached hydrogen (secondary N) is 2. The highest BCUT2D eigenvalue weighted by Crippen LogP contribution is 2.39. The van der Waals surface area contributed by atoms with Gasteiger partial charge in [0, 0.05) is 17.8 Å². The second kappa shape index (κ2) is 7.81. The van der Waals surface area contributed by atoms with Gasteiger partial charge in [0.1, 0.15) is 0 Å². The number of hydrogen-bond donors (Lipinski definition) is 2. The molecule has 0 heterocycles. The van der Waals surface area contributed by atoms with E-state index in [1.165, 1.54) is 6.07 Å². The molecule has 0 aromatic heterocycles. The number of rotatable bonds is 4. The Kier molecular flexibility index (Phi) is 4.82. The largest absolute Gasteiger partial charge is 0.331 e. The Bertz CT molecular complexity index is 1370. The van der Waals surface area contributed by atoms with Crippen molar-refractivity contribution in [3.05, 3.63) is 106 Å². The van der Waals surface area contributed by atoms with E-state index in [1.54, 1.807) is 12.1 Å². The lowest BCUT2D eigenvalue weighted by Gasteiger charge is -2.17. The first-order valence-corrected chi connectivity index (χ1v) is 10.5. The third kappa shape index (κ3) is 3.56. The van der Waals surface area contributed by atoms with Crippen LogP contribution < -0.4 is 10.6 Å². The Balaban J connectivity index is 1.31. The molecule has 158 valence electrons. The summed E-state index contributed by atoms with van der Waals surface area (Å²) < 4.78 is 0. The minimum absolute atomic E-state index is 0.0942. The number of amides is 2. The van der Waals surface area contributed by atoms with Crippen LogP contribution in [0.25, 0.3) is 21.9 Å². The lowest BCUT2D eigenvalue weighted by Crippen LogP contribution is -2.31. The molecule has 1 aliphatic carbocycles. The Morgan fingerprint density at radius 1 is 0.938 bits per heavy atom. The summed E-state index contributed by atoms with van der Waals surface area (Å²) in [7, 11) is 0. The molecule has 4 aromatic carbocycles. The third-order valence-electron chi connectivity index (χ3n) is 5.97. The van der Waals surface area contributed by atoms with Crippen LogP contribution >= 0.6 is 0 Å². The number of non-ortho nitro benzene ring substituents is 1. The maximum atomic E-state index is 12.7. The van der Waals surface area contributed by atoms with Gasteiger partial charge in [0.15, 0.2) is 0 Å². The molecule has 2 amide bonds. The molecule has 0 bridgehead atoms. The van der Waals surface area contributed by atoms with Crippen LogP contribution in [-0.2, 0) is 6.42 Å². The maximum absolute atomic E-state index is 12.7. The molecule has 0 unspecified atom stereocenters. The minimum atomic E-state index is -0.377. The predicted molar refractivity (Wildman–Crippen MR) is 126 cm³/mol. The molecule has 0 radical (unpaired) electrons. The van der Waals surface area contributed by atoms with E-state index in [1.807, 2.05) is 49.4 Å². The van der Waals surface area contributed by atoms with E-state index in [-0.39, 0.29) is 22.7 Å². The van der Waals surface area contributed by atoms with Crippen LogP contribution in [0.5, 0.6) is 0 Å². The predicted octanol–water partition coefficient (Wildman–Crippen LogP) is 6.20. The summed E-state index contributed by atoms with van der Waals surface area (Å²) >= 11 is 0. The fraction of sp³-hybridized carbons (Fsp3) is 0.115. The molecule has 0 spiro atoms. The summed E-state index contributed by atoms with van der Waals surface area (Å²) in [6.45, 7) is 1.97. The molecule has 0 saturated carbocycles. The van der Waals surface area contributed by atoms with Crippen LogP contribution in [-0.4, -0.2) is 11.0 Å². The van der Waals surface area contributed by atoms with Crippen molar-refractivity contribution in [2.24, 2.45) is 0 Å². The minimum Gasteiger partial charge on any atom is -0.331 e. The molecular weight excluding hydrogens is 402 g/mol. The molecule has 4 aromatic rings. The van der Waals surface area contributed by atoms with Gasteiger partial charge in [-0.25, -0.2) is 4.79 Å². The van der Waals surface area contributed by atoms with Crippen LogP contribution in [0, 0.1) is 10.1 Å². The molecule has 1 aliphatic rings. The highest BCUT2D eigenvalue weighted by molar-refractivity contribution is 5.92. The Morgan fingerprint density at radius 3 is 2.47 bits per heavy atom.